The van der Waals surface area contributed by atoms with Crippen LogP contribution in [0, 0.1) is 6.92 Å². The van der Waals surface area contributed by atoms with Gasteiger partial charge in [-0.1, -0.05) is 15.9 Å². The molecule has 0 spiro atoms. The molecule has 1 aromatic rings. The summed E-state index contributed by atoms with van der Waals surface area (Å²) in [5.74, 6) is -0.415. The first kappa shape index (κ1) is 15.1. The second kappa shape index (κ2) is 6.31. The Labute approximate surface area is 115 Å². The Morgan fingerprint density at radius 1 is 1.39 bits per heavy atom. The van der Waals surface area contributed by atoms with Crippen LogP contribution in [0.3, 0.4) is 0 Å². The Morgan fingerprint density at radius 2 is 2.06 bits per heavy atom. The number of aryl methyl sites for hydroxylation is 1. The van der Waals surface area contributed by atoms with Gasteiger partial charge in [0, 0.05) is 16.6 Å². The molecule has 1 amide bonds. The van der Waals surface area contributed by atoms with Crippen LogP contribution in [-0.4, -0.2) is 33.7 Å². The molecule has 0 aliphatic carbocycles. The molecule has 0 aliphatic rings. The highest BCUT2D eigenvalue weighted by molar-refractivity contribution is 9.10. The van der Waals surface area contributed by atoms with E-state index in [2.05, 4.69) is 26.0 Å². The van der Waals surface area contributed by atoms with Crippen molar-refractivity contribution in [3.8, 4) is 0 Å². The van der Waals surface area contributed by atoms with Gasteiger partial charge in [-0.3, -0.25) is 4.79 Å². The minimum atomic E-state index is -3.28. The van der Waals surface area contributed by atoms with Gasteiger partial charge in [-0.2, -0.15) is 0 Å². The fourth-order valence-electron chi connectivity index (χ4n) is 1.29. The van der Waals surface area contributed by atoms with Gasteiger partial charge in [0.2, 0.25) is 10.0 Å². The van der Waals surface area contributed by atoms with Crippen LogP contribution in [0.25, 0.3) is 0 Å². The molecule has 0 saturated carbocycles. The van der Waals surface area contributed by atoms with Gasteiger partial charge < -0.3 is 5.32 Å². The normalized spacial score (nSPS) is 11.3. The fraction of sp³-hybridized carbons (Fsp3) is 0.364. The second-order valence-corrected chi connectivity index (χ2v) is 6.64. The maximum atomic E-state index is 11.7. The predicted molar refractivity (Wildman–Crippen MR) is 74.1 cm³/mol. The van der Waals surface area contributed by atoms with Crippen LogP contribution in [0.5, 0.6) is 0 Å². The van der Waals surface area contributed by atoms with E-state index < -0.39 is 10.0 Å². The van der Waals surface area contributed by atoms with E-state index in [9.17, 15) is 13.2 Å². The van der Waals surface area contributed by atoms with Crippen molar-refractivity contribution in [3.63, 3.8) is 0 Å². The summed E-state index contributed by atoms with van der Waals surface area (Å²) in [7, 11) is -1.94. The first-order chi connectivity index (χ1) is 8.35. The SMILES string of the molecule is CNS(=O)(=O)CCNC(=O)c1ccc(Br)c(C)c1. The predicted octanol–water partition coefficient (Wildman–Crippen LogP) is 1.04. The number of carbonyl (C=O) groups is 1. The van der Waals surface area contributed by atoms with Crippen LogP contribution in [-0.2, 0) is 10.0 Å². The average molecular weight is 335 g/mol. The van der Waals surface area contributed by atoms with Gasteiger partial charge in [0.25, 0.3) is 5.91 Å². The molecule has 0 saturated heterocycles. The quantitative estimate of drug-likeness (QED) is 0.844. The topological polar surface area (TPSA) is 75.3 Å². The highest BCUT2D eigenvalue weighted by Crippen LogP contribution is 2.16. The number of benzene rings is 1. The molecule has 100 valence electrons. The number of rotatable bonds is 5. The highest BCUT2D eigenvalue weighted by atomic mass is 79.9. The lowest BCUT2D eigenvalue weighted by Gasteiger charge is -2.07. The molecule has 2 N–H and O–H groups in total. The first-order valence-corrected chi connectivity index (χ1v) is 7.76. The molecule has 1 aromatic carbocycles. The van der Waals surface area contributed by atoms with Crippen molar-refractivity contribution in [2.45, 2.75) is 6.92 Å². The van der Waals surface area contributed by atoms with Gasteiger partial charge in [0.15, 0.2) is 0 Å². The Hall–Kier alpha value is -0.920. The third kappa shape index (κ3) is 4.40. The molecule has 0 unspecified atom stereocenters. The Kier molecular flexibility index (Phi) is 5.30. The van der Waals surface area contributed by atoms with Crippen LogP contribution in [0.1, 0.15) is 15.9 Å². The van der Waals surface area contributed by atoms with Gasteiger partial charge in [-0.15, -0.1) is 0 Å². The fourth-order valence-corrected chi connectivity index (χ4v) is 2.11. The molecule has 7 heteroatoms. The zero-order valence-corrected chi connectivity index (χ0v) is 12.6. The van der Waals surface area contributed by atoms with Gasteiger partial charge in [0.1, 0.15) is 0 Å². The summed E-state index contributed by atoms with van der Waals surface area (Å²) < 4.78 is 25.4. The number of hydrogen-bond donors (Lipinski definition) is 2. The number of halogens is 1. The van der Waals surface area contributed by atoms with Gasteiger partial charge in [-0.25, -0.2) is 13.1 Å². The molecule has 0 heterocycles. The van der Waals surface area contributed by atoms with Crippen molar-refractivity contribution in [2.75, 3.05) is 19.3 Å². The number of amides is 1. The van der Waals surface area contributed by atoms with Crippen molar-refractivity contribution < 1.29 is 13.2 Å². The number of carbonyl (C=O) groups excluding carboxylic acids is 1. The van der Waals surface area contributed by atoms with Crippen molar-refractivity contribution in [2.24, 2.45) is 0 Å². The molecule has 0 fully saturated rings. The van der Waals surface area contributed by atoms with E-state index in [1.165, 1.54) is 7.05 Å². The van der Waals surface area contributed by atoms with Gasteiger partial charge in [0.05, 0.1) is 5.75 Å². The van der Waals surface area contributed by atoms with E-state index in [0.29, 0.717) is 5.56 Å². The van der Waals surface area contributed by atoms with Crippen molar-refractivity contribution in [3.05, 3.63) is 33.8 Å². The second-order valence-electron chi connectivity index (χ2n) is 3.74. The van der Waals surface area contributed by atoms with Crippen molar-refractivity contribution in [1.82, 2.24) is 10.0 Å². The molecule has 18 heavy (non-hydrogen) atoms. The maximum Gasteiger partial charge on any atom is 0.251 e. The summed E-state index contributed by atoms with van der Waals surface area (Å²) >= 11 is 3.35. The van der Waals surface area contributed by atoms with Gasteiger partial charge >= 0.3 is 0 Å². The summed E-state index contributed by atoms with van der Waals surface area (Å²) in [5, 5.41) is 2.56. The van der Waals surface area contributed by atoms with E-state index in [1.54, 1.807) is 18.2 Å². The zero-order valence-electron chi connectivity index (χ0n) is 10.2. The Bertz CT molecular complexity index is 543. The standard InChI is InChI=1S/C11H15BrN2O3S/c1-8-7-9(3-4-10(8)12)11(15)14-5-6-18(16,17)13-2/h3-4,7,13H,5-6H2,1-2H3,(H,14,15). The Morgan fingerprint density at radius 3 is 2.61 bits per heavy atom. The molecule has 0 radical (unpaired) electrons. The summed E-state index contributed by atoms with van der Waals surface area (Å²) in [6.07, 6.45) is 0. The number of hydrogen-bond acceptors (Lipinski definition) is 3. The van der Waals surface area contributed by atoms with Crippen molar-refractivity contribution >= 4 is 31.9 Å². The van der Waals surface area contributed by atoms with E-state index in [-0.39, 0.29) is 18.2 Å². The van der Waals surface area contributed by atoms with E-state index in [1.807, 2.05) is 6.92 Å². The molecule has 0 bridgehead atoms. The van der Waals surface area contributed by atoms with E-state index in [4.69, 9.17) is 0 Å². The maximum absolute atomic E-state index is 11.7. The highest BCUT2D eigenvalue weighted by Gasteiger charge is 2.10. The molecule has 5 nitrogen and oxygen atoms in total. The summed E-state index contributed by atoms with van der Waals surface area (Å²) in [5.41, 5.74) is 1.46. The van der Waals surface area contributed by atoms with Crippen molar-refractivity contribution in [1.29, 1.82) is 0 Å². The summed E-state index contributed by atoms with van der Waals surface area (Å²) in [6.45, 7) is 1.96. The smallest absolute Gasteiger partial charge is 0.251 e. The minimum Gasteiger partial charge on any atom is -0.351 e. The molecule has 0 atom stereocenters. The lowest BCUT2D eigenvalue weighted by atomic mass is 10.1. The number of nitrogens with one attached hydrogen (secondary N) is 2. The lowest BCUT2D eigenvalue weighted by Crippen LogP contribution is -2.32. The van der Waals surface area contributed by atoms with Crippen LogP contribution >= 0.6 is 15.9 Å². The molecule has 1 rings (SSSR count). The average Bonchev–Trinajstić information content (AvgIpc) is 2.32. The van der Waals surface area contributed by atoms with Crippen LogP contribution in [0.15, 0.2) is 22.7 Å². The monoisotopic (exact) mass is 334 g/mol. The third-order valence-corrected chi connectivity index (χ3v) is 4.64. The molecular formula is C11H15BrN2O3S. The number of sulfonamides is 1. The molecule has 0 aromatic heterocycles. The van der Waals surface area contributed by atoms with E-state index in [0.717, 1.165) is 10.0 Å². The van der Waals surface area contributed by atoms with Gasteiger partial charge in [-0.05, 0) is 37.7 Å². The third-order valence-electron chi connectivity index (χ3n) is 2.39. The van der Waals surface area contributed by atoms with Crippen LogP contribution < -0.4 is 10.0 Å². The largest absolute Gasteiger partial charge is 0.351 e. The van der Waals surface area contributed by atoms with Crippen LogP contribution in [0.2, 0.25) is 0 Å². The van der Waals surface area contributed by atoms with Crippen LogP contribution in [0.4, 0.5) is 0 Å². The molecule has 0 aliphatic heterocycles. The minimum absolute atomic E-state index is 0.0805. The Balaban J connectivity index is 2.58. The summed E-state index contributed by atoms with van der Waals surface area (Å²) in [6, 6.07) is 5.21. The summed E-state index contributed by atoms with van der Waals surface area (Å²) in [4.78, 5) is 11.7. The lowest BCUT2D eigenvalue weighted by molar-refractivity contribution is 0.0956. The first-order valence-electron chi connectivity index (χ1n) is 5.31. The zero-order chi connectivity index (χ0) is 13.8. The molecular weight excluding hydrogens is 320 g/mol. The van der Waals surface area contributed by atoms with E-state index >= 15 is 0 Å².